The molecule has 0 unspecified atom stereocenters. The second-order valence-corrected chi connectivity index (χ2v) is 7.40. The summed E-state index contributed by atoms with van der Waals surface area (Å²) in [5, 5.41) is 15.2. The van der Waals surface area contributed by atoms with Gasteiger partial charge in [0.15, 0.2) is 0 Å². The second kappa shape index (κ2) is 5.92. The molecular weight excluding hydrogens is 292 g/mol. The molecule has 2 rings (SSSR count). The summed E-state index contributed by atoms with van der Waals surface area (Å²) >= 11 is 0. The first-order valence-electron chi connectivity index (χ1n) is 6.91. The van der Waals surface area contributed by atoms with Gasteiger partial charge in [0.2, 0.25) is 10.0 Å². The van der Waals surface area contributed by atoms with Crippen molar-refractivity contribution in [3.8, 4) is 5.75 Å². The average Bonchev–Trinajstić information content (AvgIpc) is 2.35. The Balaban J connectivity index is 1.75. The molecule has 0 atom stereocenters. The molecule has 3 N–H and O–H groups in total. The Morgan fingerprint density at radius 3 is 2.38 bits per heavy atom. The standard InChI is InChI=1S/C14H22N2O4S/c1-11(2)14(17)9-16(10-14)7-8-20-12-3-5-13(6-4-12)21(15,18)19/h3-6,11,17H,7-10H2,1-2H3,(H2,15,18,19). The number of hydrogen-bond acceptors (Lipinski definition) is 5. The number of sulfonamides is 1. The summed E-state index contributed by atoms with van der Waals surface area (Å²) in [7, 11) is -3.66. The van der Waals surface area contributed by atoms with Crippen molar-refractivity contribution in [2.75, 3.05) is 26.2 Å². The molecule has 7 heteroatoms. The van der Waals surface area contributed by atoms with E-state index in [9.17, 15) is 13.5 Å². The van der Waals surface area contributed by atoms with Crippen molar-refractivity contribution in [3.05, 3.63) is 24.3 Å². The molecule has 1 aliphatic rings. The smallest absolute Gasteiger partial charge is 0.238 e. The van der Waals surface area contributed by atoms with E-state index < -0.39 is 15.6 Å². The molecule has 1 aromatic carbocycles. The normalized spacial score (nSPS) is 18.5. The highest BCUT2D eigenvalue weighted by Gasteiger charge is 2.43. The van der Waals surface area contributed by atoms with Crippen LogP contribution in [-0.2, 0) is 10.0 Å². The van der Waals surface area contributed by atoms with E-state index in [1.165, 1.54) is 12.1 Å². The molecular formula is C14H22N2O4S. The fraction of sp³-hybridized carbons (Fsp3) is 0.571. The van der Waals surface area contributed by atoms with Gasteiger partial charge >= 0.3 is 0 Å². The van der Waals surface area contributed by atoms with E-state index in [0.29, 0.717) is 25.4 Å². The number of aliphatic hydroxyl groups is 1. The lowest BCUT2D eigenvalue weighted by Gasteiger charge is -2.49. The van der Waals surface area contributed by atoms with Crippen molar-refractivity contribution >= 4 is 10.0 Å². The predicted molar refractivity (Wildman–Crippen MR) is 79.5 cm³/mol. The zero-order valence-electron chi connectivity index (χ0n) is 12.3. The van der Waals surface area contributed by atoms with Crippen LogP contribution in [0.25, 0.3) is 0 Å². The number of nitrogens with zero attached hydrogens (tertiary/aromatic N) is 1. The van der Waals surface area contributed by atoms with Crippen molar-refractivity contribution in [1.29, 1.82) is 0 Å². The van der Waals surface area contributed by atoms with Gasteiger partial charge in [-0.05, 0) is 30.2 Å². The highest BCUT2D eigenvalue weighted by molar-refractivity contribution is 7.89. The summed E-state index contributed by atoms with van der Waals surface area (Å²) in [5.74, 6) is 0.850. The van der Waals surface area contributed by atoms with Crippen LogP contribution >= 0.6 is 0 Å². The van der Waals surface area contributed by atoms with Crippen LogP contribution in [0.4, 0.5) is 0 Å². The van der Waals surface area contributed by atoms with Gasteiger partial charge in [0.05, 0.1) is 10.5 Å². The van der Waals surface area contributed by atoms with Crippen LogP contribution < -0.4 is 9.88 Å². The molecule has 0 spiro atoms. The number of hydrogen-bond donors (Lipinski definition) is 2. The molecule has 118 valence electrons. The average molecular weight is 314 g/mol. The fourth-order valence-electron chi connectivity index (χ4n) is 2.27. The van der Waals surface area contributed by atoms with Gasteiger partial charge in [-0.2, -0.15) is 0 Å². The first kappa shape index (κ1) is 16.2. The Labute approximate surface area is 125 Å². The van der Waals surface area contributed by atoms with E-state index in [2.05, 4.69) is 4.90 Å². The Kier molecular flexibility index (Phi) is 4.57. The third-order valence-electron chi connectivity index (χ3n) is 3.90. The van der Waals surface area contributed by atoms with Crippen LogP contribution in [0.1, 0.15) is 13.8 Å². The lowest BCUT2D eigenvalue weighted by molar-refractivity contribution is -0.129. The van der Waals surface area contributed by atoms with E-state index in [-0.39, 0.29) is 10.8 Å². The molecule has 1 aliphatic heterocycles. The van der Waals surface area contributed by atoms with E-state index in [1.54, 1.807) is 12.1 Å². The first-order valence-corrected chi connectivity index (χ1v) is 8.46. The quantitative estimate of drug-likeness (QED) is 0.793. The lowest BCUT2D eigenvalue weighted by atomic mass is 9.83. The molecule has 0 saturated carbocycles. The van der Waals surface area contributed by atoms with E-state index >= 15 is 0 Å². The molecule has 1 heterocycles. The van der Waals surface area contributed by atoms with Gasteiger partial charge in [-0.1, -0.05) is 13.8 Å². The van der Waals surface area contributed by atoms with E-state index in [0.717, 1.165) is 6.54 Å². The number of rotatable bonds is 6. The summed E-state index contributed by atoms with van der Waals surface area (Å²) in [4.78, 5) is 2.19. The van der Waals surface area contributed by atoms with Gasteiger partial charge < -0.3 is 9.84 Å². The molecule has 0 radical (unpaired) electrons. The predicted octanol–water partition coefficient (Wildman–Crippen LogP) is 0.416. The molecule has 1 aromatic rings. The van der Waals surface area contributed by atoms with Crippen LogP contribution in [0.5, 0.6) is 5.75 Å². The molecule has 0 amide bonds. The summed E-state index contributed by atoms with van der Waals surface area (Å²) < 4.78 is 27.8. The van der Waals surface area contributed by atoms with Gasteiger partial charge in [-0.15, -0.1) is 0 Å². The first-order chi connectivity index (χ1) is 9.71. The van der Waals surface area contributed by atoms with Crippen molar-refractivity contribution in [2.24, 2.45) is 11.1 Å². The number of likely N-dealkylation sites (tertiary alicyclic amines) is 1. The highest BCUT2D eigenvalue weighted by atomic mass is 32.2. The number of nitrogens with two attached hydrogens (primary N) is 1. The zero-order valence-corrected chi connectivity index (χ0v) is 13.1. The summed E-state index contributed by atoms with van der Waals surface area (Å²) in [5.41, 5.74) is -0.572. The molecule has 6 nitrogen and oxygen atoms in total. The second-order valence-electron chi connectivity index (χ2n) is 5.83. The van der Waals surface area contributed by atoms with Gasteiger partial charge in [0, 0.05) is 19.6 Å². The van der Waals surface area contributed by atoms with Crippen LogP contribution in [0.2, 0.25) is 0 Å². The highest BCUT2D eigenvalue weighted by Crippen LogP contribution is 2.28. The molecule has 0 aromatic heterocycles. The maximum Gasteiger partial charge on any atom is 0.238 e. The fourth-order valence-corrected chi connectivity index (χ4v) is 2.78. The maximum atomic E-state index is 11.1. The molecule has 1 fully saturated rings. The Morgan fingerprint density at radius 2 is 1.90 bits per heavy atom. The van der Waals surface area contributed by atoms with Crippen molar-refractivity contribution in [3.63, 3.8) is 0 Å². The summed E-state index contributed by atoms with van der Waals surface area (Å²) in [6.07, 6.45) is 0. The molecule has 21 heavy (non-hydrogen) atoms. The molecule has 1 saturated heterocycles. The number of β-amino-alcohol motifs (C(OH)–C–C–N with tert-alkyl or cyclic N) is 1. The van der Waals surface area contributed by atoms with Crippen molar-refractivity contribution in [2.45, 2.75) is 24.3 Å². The number of benzene rings is 1. The summed E-state index contributed by atoms with van der Waals surface area (Å²) in [6.45, 7) is 6.58. The Morgan fingerprint density at radius 1 is 1.33 bits per heavy atom. The number of ether oxygens (including phenoxy) is 1. The minimum atomic E-state index is -3.66. The van der Waals surface area contributed by atoms with Crippen molar-refractivity contribution < 1.29 is 18.3 Å². The van der Waals surface area contributed by atoms with Crippen LogP contribution in [-0.4, -0.2) is 50.3 Å². The van der Waals surface area contributed by atoms with Gasteiger partial charge in [-0.25, -0.2) is 13.6 Å². The molecule has 0 aliphatic carbocycles. The van der Waals surface area contributed by atoms with E-state index in [4.69, 9.17) is 9.88 Å². The van der Waals surface area contributed by atoms with Crippen LogP contribution in [0.15, 0.2) is 29.2 Å². The monoisotopic (exact) mass is 314 g/mol. The van der Waals surface area contributed by atoms with Gasteiger partial charge in [-0.3, -0.25) is 4.90 Å². The number of primary sulfonamides is 1. The third-order valence-corrected chi connectivity index (χ3v) is 4.83. The summed E-state index contributed by atoms with van der Waals surface area (Å²) in [6, 6.07) is 6.01. The largest absolute Gasteiger partial charge is 0.492 e. The van der Waals surface area contributed by atoms with Crippen LogP contribution in [0, 0.1) is 5.92 Å². The van der Waals surface area contributed by atoms with Gasteiger partial charge in [0.25, 0.3) is 0 Å². The Bertz CT molecular complexity index is 577. The molecule has 0 bridgehead atoms. The van der Waals surface area contributed by atoms with Gasteiger partial charge in [0.1, 0.15) is 12.4 Å². The minimum Gasteiger partial charge on any atom is -0.492 e. The Hall–Kier alpha value is -1.15. The third kappa shape index (κ3) is 3.94. The van der Waals surface area contributed by atoms with Crippen molar-refractivity contribution in [1.82, 2.24) is 4.90 Å². The topological polar surface area (TPSA) is 92.9 Å². The lowest BCUT2D eigenvalue weighted by Crippen LogP contribution is -2.64. The maximum absolute atomic E-state index is 11.1. The van der Waals surface area contributed by atoms with Crippen LogP contribution in [0.3, 0.4) is 0 Å². The zero-order chi connectivity index (χ0) is 15.7. The van der Waals surface area contributed by atoms with E-state index in [1.807, 2.05) is 13.8 Å². The minimum absolute atomic E-state index is 0.0691. The SMILES string of the molecule is CC(C)C1(O)CN(CCOc2ccc(S(N)(=O)=O)cc2)C1.